The summed E-state index contributed by atoms with van der Waals surface area (Å²) in [4.78, 5) is 29.6. The van der Waals surface area contributed by atoms with Crippen molar-refractivity contribution in [2.24, 2.45) is 0 Å². The number of hydrogen-bond acceptors (Lipinski definition) is 4. The number of amides is 2. The lowest BCUT2D eigenvalue weighted by atomic mass is 10.1. The van der Waals surface area contributed by atoms with Crippen LogP contribution in [0.2, 0.25) is 0 Å². The van der Waals surface area contributed by atoms with Crippen LogP contribution in [0.25, 0.3) is 0 Å². The normalized spacial score (nSPS) is 24.6. The first-order chi connectivity index (χ1) is 12.1. The maximum Gasteiger partial charge on any atom is 0.254 e. The van der Waals surface area contributed by atoms with Crippen molar-refractivity contribution in [1.82, 2.24) is 15.1 Å². The molecule has 3 rings (SSSR count). The summed E-state index contributed by atoms with van der Waals surface area (Å²) in [5.41, 5.74) is 0.533. The zero-order chi connectivity index (χ0) is 17.8. The summed E-state index contributed by atoms with van der Waals surface area (Å²) in [7, 11) is 0. The molecule has 25 heavy (non-hydrogen) atoms. The van der Waals surface area contributed by atoms with Gasteiger partial charge in [0.15, 0.2) is 0 Å². The average Bonchev–Trinajstić information content (AvgIpc) is 3.36. The zero-order valence-electron chi connectivity index (χ0n) is 15.2. The highest BCUT2D eigenvalue weighted by Crippen LogP contribution is 2.31. The Balaban J connectivity index is 1.70. The summed E-state index contributed by atoms with van der Waals surface area (Å²) in [6.07, 6.45) is 8.43. The molecule has 1 N–H and O–H groups in total. The van der Waals surface area contributed by atoms with Crippen molar-refractivity contribution in [1.29, 1.82) is 0 Å². The van der Waals surface area contributed by atoms with Crippen LogP contribution >= 0.6 is 0 Å². The third-order valence-corrected chi connectivity index (χ3v) is 5.61. The molecule has 2 amide bonds. The third kappa shape index (κ3) is 3.89. The molecule has 6 heteroatoms. The molecular weight excluding hydrogens is 318 g/mol. The Kier molecular flexibility index (Phi) is 5.78. The number of carbonyl (C=O) groups excluding carboxylic acids is 2. The highest BCUT2D eigenvalue weighted by atomic mass is 16.3. The maximum atomic E-state index is 13.0. The molecule has 1 aliphatic heterocycles. The van der Waals surface area contributed by atoms with Gasteiger partial charge in [0.1, 0.15) is 6.26 Å². The number of hydrogen-bond donors (Lipinski definition) is 1. The minimum absolute atomic E-state index is 0.00696. The number of furan rings is 1. The fraction of sp³-hybridized carbons (Fsp3) is 0.684. The van der Waals surface area contributed by atoms with Gasteiger partial charge in [-0.3, -0.25) is 14.5 Å². The van der Waals surface area contributed by atoms with Crippen LogP contribution in [0.1, 0.15) is 56.3 Å². The quantitative estimate of drug-likeness (QED) is 0.857. The molecule has 2 atom stereocenters. The van der Waals surface area contributed by atoms with Crippen molar-refractivity contribution < 1.29 is 14.0 Å². The van der Waals surface area contributed by atoms with Gasteiger partial charge >= 0.3 is 0 Å². The Labute approximate surface area is 149 Å². The number of carbonyl (C=O) groups is 2. The van der Waals surface area contributed by atoms with Gasteiger partial charge in [0.25, 0.3) is 5.91 Å². The molecule has 1 aliphatic carbocycles. The lowest BCUT2D eigenvalue weighted by Gasteiger charge is -2.32. The van der Waals surface area contributed by atoms with Crippen molar-refractivity contribution >= 4 is 11.8 Å². The second-order valence-electron chi connectivity index (χ2n) is 7.08. The molecule has 0 aromatic carbocycles. The molecule has 2 aliphatic rings. The Hall–Kier alpha value is -1.82. The number of rotatable bonds is 6. The lowest BCUT2D eigenvalue weighted by molar-refractivity contribution is -0.136. The van der Waals surface area contributed by atoms with Crippen LogP contribution in [0.4, 0.5) is 0 Å². The van der Waals surface area contributed by atoms with E-state index in [2.05, 4.69) is 10.2 Å². The summed E-state index contributed by atoms with van der Waals surface area (Å²) in [6, 6.07) is 2.03. The topological polar surface area (TPSA) is 65.8 Å². The number of likely N-dealkylation sites (tertiary alicyclic amines) is 1. The van der Waals surface area contributed by atoms with Gasteiger partial charge in [-0.15, -0.1) is 0 Å². The summed E-state index contributed by atoms with van der Waals surface area (Å²) in [5, 5.41) is 3.08. The molecule has 1 saturated carbocycles. The molecule has 0 spiro atoms. The molecular formula is C19H29N3O3. The van der Waals surface area contributed by atoms with E-state index in [1.165, 1.54) is 25.4 Å². The van der Waals surface area contributed by atoms with E-state index < -0.39 is 0 Å². The van der Waals surface area contributed by atoms with Gasteiger partial charge in [-0.05, 0) is 39.2 Å². The Morgan fingerprint density at radius 1 is 1.28 bits per heavy atom. The van der Waals surface area contributed by atoms with Gasteiger partial charge in [-0.1, -0.05) is 12.8 Å². The van der Waals surface area contributed by atoms with Gasteiger partial charge in [0.05, 0.1) is 17.9 Å². The van der Waals surface area contributed by atoms with Crippen LogP contribution in [-0.2, 0) is 4.79 Å². The fourth-order valence-electron chi connectivity index (χ4n) is 4.26. The smallest absolute Gasteiger partial charge is 0.254 e. The Morgan fingerprint density at radius 2 is 2.00 bits per heavy atom. The molecule has 1 aromatic heterocycles. The van der Waals surface area contributed by atoms with Crippen LogP contribution in [0.5, 0.6) is 0 Å². The van der Waals surface area contributed by atoms with E-state index in [0.717, 1.165) is 32.5 Å². The van der Waals surface area contributed by atoms with E-state index in [-0.39, 0.29) is 23.9 Å². The fourth-order valence-corrected chi connectivity index (χ4v) is 4.26. The van der Waals surface area contributed by atoms with Gasteiger partial charge in [-0.25, -0.2) is 0 Å². The SMILES string of the molecule is CCN(CC)C(=O)[C@@H]1C[C@H](NC(=O)c2ccoc2)CN1C1CCCC1. The predicted octanol–water partition coefficient (Wildman–Crippen LogP) is 2.26. The molecule has 0 unspecified atom stereocenters. The van der Waals surface area contributed by atoms with Gasteiger partial charge in [0.2, 0.25) is 5.91 Å². The molecule has 0 bridgehead atoms. The number of nitrogens with one attached hydrogen (secondary N) is 1. The monoisotopic (exact) mass is 347 g/mol. The second-order valence-corrected chi connectivity index (χ2v) is 7.08. The van der Waals surface area contributed by atoms with Crippen LogP contribution in [0.15, 0.2) is 23.0 Å². The minimum Gasteiger partial charge on any atom is -0.472 e. The van der Waals surface area contributed by atoms with Crippen LogP contribution in [0.3, 0.4) is 0 Å². The average molecular weight is 347 g/mol. The zero-order valence-corrected chi connectivity index (χ0v) is 15.2. The molecule has 1 saturated heterocycles. The van der Waals surface area contributed by atoms with Crippen LogP contribution in [-0.4, -0.2) is 59.4 Å². The van der Waals surface area contributed by atoms with Gasteiger partial charge in [-0.2, -0.15) is 0 Å². The molecule has 6 nitrogen and oxygen atoms in total. The Bertz CT molecular complexity index is 577. The van der Waals surface area contributed by atoms with Crippen LogP contribution < -0.4 is 5.32 Å². The summed E-state index contributed by atoms with van der Waals surface area (Å²) >= 11 is 0. The van der Waals surface area contributed by atoms with E-state index >= 15 is 0 Å². The van der Waals surface area contributed by atoms with Gasteiger partial charge < -0.3 is 14.6 Å². The molecule has 138 valence electrons. The highest BCUT2D eigenvalue weighted by molar-refractivity contribution is 5.94. The first kappa shape index (κ1) is 18.0. The van der Waals surface area contributed by atoms with Gasteiger partial charge in [0, 0.05) is 31.7 Å². The van der Waals surface area contributed by atoms with E-state index in [4.69, 9.17) is 4.42 Å². The van der Waals surface area contributed by atoms with Crippen molar-refractivity contribution in [2.45, 2.75) is 64.1 Å². The summed E-state index contributed by atoms with van der Waals surface area (Å²) < 4.78 is 4.99. The molecule has 1 aromatic rings. The molecule has 2 fully saturated rings. The molecule has 2 heterocycles. The number of nitrogens with zero attached hydrogens (tertiary/aromatic N) is 2. The van der Waals surface area contributed by atoms with E-state index in [9.17, 15) is 9.59 Å². The van der Waals surface area contributed by atoms with E-state index in [1.807, 2.05) is 18.7 Å². The van der Waals surface area contributed by atoms with Crippen molar-refractivity contribution in [3.8, 4) is 0 Å². The third-order valence-electron chi connectivity index (χ3n) is 5.61. The second kappa shape index (κ2) is 8.04. The number of likely N-dealkylation sites (N-methyl/N-ethyl adjacent to an activating group) is 1. The maximum absolute atomic E-state index is 13.0. The largest absolute Gasteiger partial charge is 0.472 e. The first-order valence-corrected chi connectivity index (χ1v) is 9.51. The first-order valence-electron chi connectivity index (χ1n) is 9.51. The predicted molar refractivity (Wildman–Crippen MR) is 95.3 cm³/mol. The van der Waals surface area contributed by atoms with E-state index in [1.54, 1.807) is 6.07 Å². The highest BCUT2D eigenvalue weighted by Gasteiger charge is 2.42. The lowest BCUT2D eigenvalue weighted by Crippen LogP contribution is -2.48. The van der Waals surface area contributed by atoms with E-state index in [0.29, 0.717) is 18.0 Å². The Morgan fingerprint density at radius 3 is 2.60 bits per heavy atom. The van der Waals surface area contributed by atoms with Crippen molar-refractivity contribution in [2.75, 3.05) is 19.6 Å². The summed E-state index contributed by atoms with van der Waals surface area (Å²) in [6.45, 7) is 6.27. The van der Waals surface area contributed by atoms with Crippen LogP contribution in [0, 0.1) is 0 Å². The van der Waals surface area contributed by atoms with Crippen molar-refractivity contribution in [3.63, 3.8) is 0 Å². The summed E-state index contributed by atoms with van der Waals surface area (Å²) in [5.74, 6) is 0.0815. The standard InChI is InChI=1S/C19H29N3O3/c1-3-21(4-2)19(24)17-11-15(12-22(17)16-7-5-6-8-16)20-18(23)14-9-10-25-13-14/h9-10,13,15-17H,3-8,11-12H2,1-2H3,(H,20,23)/t15-,17-/m0/s1. The molecule has 0 radical (unpaired) electrons. The minimum atomic E-state index is -0.124. The van der Waals surface area contributed by atoms with Crippen molar-refractivity contribution in [3.05, 3.63) is 24.2 Å².